The third kappa shape index (κ3) is 3.18. The van der Waals surface area contributed by atoms with Gasteiger partial charge in [-0.2, -0.15) is 0 Å². The molecule has 130 valence electrons. The number of benzene rings is 1. The fraction of sp³-hybridized carbons (Fsp3) is 0.556. The Morgan fingerprint density at radius 3 is 2.62 bits per heavy atom. The maximum Gasteiger partial charge on any atom is 0.410 e. The number of amides is 2. The van der Waals surface area contributed by atoms with E-state index in [4.69, 9.17) is 9.47 Å². The minimum absolute atomic E-state index is 0.0192. The molecule has 1 aromatic rings. The van der Waals surface area contributed by atoms with Crippen LogP contribution in [0.4, 0.5) is 4.79 Å². The van der Waals surface area contributed by atoms with Crippen LogP contribution in [0, 0.1) is 0 Å². The second-order valence-corrected chi connectivity index (χ2v) is 6.54. The molecule has 0 radical (unpaired) electrons. The Balaban J connectivity index is 1.67. The molecule has 2 heterocycles. The first kappa shape index (κ1) is 16.6. The lowest BCUT2D eigenvalue weighted by Gasteiger charge is -2.37. The Morgan fingerprint density at radius 2 is 2.00 bits per heavy atom. The quantitative estimate of drug-likeness (QED) is 0.850. The van der Waals surface area contributed by atoms with Crippen LogP contribution in [0.2, 0.25) is 0 Å². The predicted molar refractivity (Wildman–Crippen MR) is 89.2 cm³/mol. The number of likely N-dealkylation sites (tertiary alicyclic amines) is 1. The van der Waals surface area contributed by atoms with Crippen molar-refractivity contribution in [1.29, 1.82) is 0 Å². The normalized spacial score (nSPS) is 19.5. The van der Waals surface area contributed by atoms with Gasteiger partial charge in [0.2, 0.25) is 0 Å². The van der Waals surface area contributed by atoms with Crippen molar-refractivity contribution in [1.82, 2.24) is 9.80 Å². The zero-order valence-electron chi connectivity index (χ0n) is 14.3. The van der Waals surface area contributed by atoms with E-state index in [-0.39, 0.29) is 12.0 Å². The van der Waals surface area contributed by atoms with E-state index in [1.807, 2.05) is 30.0 Å². The molecule has 0 N–H and O–H groups in total. The van der Waals surface area contributed by atoms with Gasteiger partial charge in [-0.3, -0.25) is 4.79 Å². The van der Waals surface area contributed by atoms with Crippen molar-refractivity contribution in [3.63, 3.8) is 0 Å². The van der Waals surface area contributed by atoms with E-state index < -0.39 is 5.60 Å². The van der Waals surface area contributed by atoms with Crippen molar-refractivity contribution in [2.75, 3.05) is 33.3 Å². The smallest absolute Gasteiger partial charge is 0.410 e. The number of piperidine rings is 1. The lowest BCUT2D eigenvalue weighted by atomic mass is 9.91. The number of carbonyl (C=O) groups is 2. The zero-order valence-corrected chi connectivity index (χ0v) is 14.3. The minimum atomic E-state index is -0.430. The summed E-state index contributed by atoms with van der Waals surface area (Å²) in [5, 5.41) is 0. The molecule has 6 heteroatoms. The van der Waals surface area contributed by atoms with Crippen LogP contribution in [0.3, 0.4) is 0 Å². The van der Waals surface area contributed by atoms with Gasteiger partial charge in [0, 0.05) is 33.0 Å². The van der Waals surface area contributed by atoms with Crippen molar-refractivity contribution in [3.05, 3.63) is 29.8 Å². The Morgan fingerprint density at radius 1 is 1.29 bits per heavy atom. The van der Waals surface area contributed by atoms with E-state index in [2.05, 4.69) is 0 Å². The molecule has 3 rings (SSSR count). The molecule has 2 fully saturated rings. The van der Waals surface area contributed by atoms with Crippen LogP contribution < -0.4 is 4.74 Å². The third-order valence-corrected chi connectivity index (χ3v) is 4.68. The molecule has 2 saturated heterocycles. The highest BCUT2D eigenvalue weighted by Crippen LogP contribution is 2.33. The summed E-state index contributed by atoms with van der Waals surface area (Å²) < 4.78 is 11.2. The van der Waals surface area contributed by atoms with Gasteiger partial charge < -0.3 is 19.3 Å². The molecule has 1 spiro atoms. The van der Waals surface area contributed by atoms with Crippen LogP contribution in [0.5, 0.6) is 5.75 Å². The molecule has 2 amide bonds. The third-order valence-electron chi connectivity index (χ3n) is 4.68. The molecule has 2 aliphatic rings. The van der Waals surface area contributed by atoms with Gasteiger partial charge >= 0.3 is 6.09 Å². The number of hydrogen-bond donors (Lipinski definition) is 0. The number of rotatable bonds is 4. The average molecular weight is 332 g/mol. The van der Waals surface area contributed by atoms with Crippen LogP contribution in [0.1, 0.15) is 36.5 Å². The van der Waals surface area contributed by atoms with Crippen LogP contribution in [-0.2, 0) is 4.74 Å². The topological polar surface area (TPSA) is 59.1 Å². The summed E-state index contributed by atoms with van der Waals surface area (Å²) in [7, 11) is 1.75. The number of nitrogens with zero attached hydrogens (tertiary/aromatic N) is 2. The zero-order chi connectivity index (χ0) is 17.2. The average Bonchev–Trinajstić information content (AvgIpc) is 2.87. The lowest BCUT2D eigenvalue weighted by molar-refractivity contribution is 0.00309. The second kappa shape index (κ2) is 6.71. The molecule has 24 heavy (non-hydrogen) atoms. The molecule has 1 aromatic carbocycles. The fourth-order valence-electron chi connectivity index (χ4n) is 3.32. The largest absolute Gasteiger partial charge is 0.493 e. The standard InChI is InChI=1S/C18H24N2O4/c1-3-12-23-15-7-5-4-6-14(15)16(21)20-10-8-18(9-11-20)13-19(2)17(22)24-18/h4-7H,3,8-13H2,1-2H3. The van der Waals surface area contributed by atoms with Crippen LogP contribution >= 0.6 is 0 Å². The summed E-state index contributed by atoms with van der Waals surface area (Å²) in [5.74, 6) is 0.617. The molecule has 6 nitrogen and oxygen atoms in total. The molecule has 0 aliphatic carbocycles. The van der Waals surface area contributed by atoms with Gasteiger partial charge in [-0.25, -0.2) is 4.79 Å². The SMILES string of the molecule is CCCOc1ccccc1C(=O)N1CCC2(CC1)CN(C)C(=O)O2. The van der Waals surface area contributed by atoms with Crippen molar-refractivity contribution < 1.29 is 19.1 Å². The maximum absolute atomic E-state index is 12.8. The Bertz CT molecular complexity index is 623. The van der Waals surface area contributed by atoms with Crippen molar-refractivity contribution in [2.45, 2.75) is 31.8 Å². The molecule has 0 saturated carbocycles. The Labute approximate surface area is 142 Å². The molecular weight excluding hydrogens is 308 g/mol. The molecule has 0 unspecified atom stereocenters. The summed E-state index contributed by atoms with van der Waals surface area (Å²) in [6.45, 7) is 4.40. The fourth-order valence-corrected chi connectivity index (χ4v) is 3.32. The van der Waals surface area contributed by atoms with Gasteiger partial charge in [0.05, 0.1) is 18.7 Å². The maximum atomic E-state index is 12.8. The van der Waals surface area contributed by atoms with E-state index >= 15 is 0 Å². The summed E-state index contributed by atoms with van der Waals surface area (Å²) in [4.78, 5) is 27.9. The second-order valence-electron chi connectivity index (χ2n) is 6.54. The van der Waals surface area contributed by atoms with Gasteiger partial charge in [-0.15, -0.1) is 0 Å². The number of ether oxygens (including phenoxy) is 2. The highest BCUT2D eigenvalue weighted by atomic mass is 16.6. The van der Waals surface area contributed by atoms with Crippen molar-refractivity contribution in [2.24, 2.45) is 0 Å². The Hall–Kier alpha value is -2.24. The Kier molecular flexibility index (Phi) is 4.64. The molecular formula is C18H24N2O4. The van der Waals surface area contributed by atoms with Crippen molar-refractivity contribution >= 4 is 12.0 Å². The number of hydrogen-bond acceptors (Lipinski definition) is 4. The van der Waals surface area contributed by atoms with E-state index in [1.54, 1.807) is 18.0 Å². The molecule has 2 aliphatic heterocycles. The molecule has 0 atom stereocenters. The first-order valence-electron chi connectivity index (χ1n) is 8.50. The van der Waals surface area contributed by atoms with Gasteiger partial charge in [0.1, 0.15) is 11.4 Å². The van der Waals surface area contributed by atoms with E-state index in [9.17, 15) is 9.59 Å². The van der Waals surface area contributed by atoms with Crippen LogP contribution in [0.25, 0.3) is 0 Å². The first-order valence-corrected chi connectivity index (χ1v) is 8.50. The summed E-state index contributed by atoms with van der Waals surface area (Å²) in [6.07, 6.45) is 1.97. The van der Waals surface area contributed by atoms with Gasteiger partial charge in [0.25, 0.3) is 5.91 Å². The number of likely N-dealkylation sites (N-methyl/N-ethyl adjacent to an activating group) is 1. The van der Waals surface area contributed by atoms with E-state index in [0.717, 1.165) is 6.42 Å². The van der Waals surface area contributed by atoms with E-state index in [1.165, 1.54) is 0 Å². The van der Waals surface area contributed by atoms with E-state index in [0.29, 0.717) is 50.4 Å². The monoisotopic (exact) mass is 332 g/mol. The van der Waals surface area contributed by atoms with Crippen LogP contribution in [-0.4, -0.2) is 60.7 Å². The van der Waals surface area contributed by atoms with Gasteiger partial charge in [-0.1, -0.05) is 19.1 Å². The minimum Gasteiger partial charge on any atom is -0.493 e. The summed E-state index contributed by atoms with van der Waals surface area (Å²) in [6, 6.07) is 7.37. The predicted octanol–water partition coefficient (Wildman–Crippen LogP) is 2.53. The molecule has 0 aromatic heterocycles. The molecule has 0 bridgehead atoms. The summed E-state index contributed by atoms with van der Waals surface area (Å²) >= 11 is 0. The summed E-state index contributed by atoms with van der Waals surface area (Å²) in [5.41, 5.74) is 0.170. The van der Waals surface area contributed by atoms with Gasteiger partial charge in [0.15, 0.2) is 0 Å². The van der Waals surface area contributed by atoms with Gasteiger partial charge in [-0.05, 0) is 18.6 Å². The number of carbonyl (C=O) groups excluding carboxylic acids is 2. The highest BCUT2D eigenvalue weighted by Gasteiger charge is 2.46. The lowest BCUT2D eigenvalue weighted by Crippen LogP contribution is -2.48. The number of para-hydroxylation sites is 1. The first-order chi connectivity index (χ1) is 11.5. The highest BCUT2D eigenvalue weighted by molar-refractivity contribution is 5.97. The van der Waals surface area contributed by atoms with Crippen molar-refractivity contribution in [3.8, 4) is 5.75 Å². The van der Waals surface area contributed by atoms with Crippen LogP contribution in [0.15, 0.2) is 24.3 Å².